The Balaban J connectivity index is 1.59. The van der Waals surface area contributed by atoms with E-state index < -0.39 is 0 Å². The van der Waals surface area contributed by atoms with Crippen molar-refractivity contribution in [2.45, 2.75) is 51.9 Å². The average Bonchev–Trinajstić information content (AvgIpc) is 3.10. The van der Waals surface area contributed by atoms with E-state index in [2.05, 4.69) is 17.8 Å². The third-order valence-corrected chi connectivity index (χ3v) is 4.30. The zero-order valence-corrected chi connectivity index (χ0v) is 13.8. The van der Waals surface area contributed by atoms with Crippen molar-refractivity contribution in [2.75, 3.05) is 6.61 Å². The molecule has 126 valence electrons. The van der Waals surface area contributed by atoms with Crippen molar-refractivity contribution < 1.29 is 14.3 Å². The second-order valence-electron chi connectivity index (χ2n) is 6.07. The van der Waals surface area contributed by atoms with Crippen molar-refractivity contribution in [3.63, 3.8) is 0 Å². The molecule has 1 aliphatic carbocycles. The van der Waals surface area contributed by atoms with E-state index in [9.17, 15) is 9.59 Å². The largest absolute Gasteiger partial charge is 0.484 e. The van der Waals surface area contributed by atoms with Crippen LogP contribution in [0.5, 0.6) is 5.75 Å². The van der Waals surface area contributed by atoms with E-state index in [0.717, 1.165) is 12.8 Å². The van der Waals surface area contributed by atoms with E-state index in [1.807, 2.05) is 24.3 Å². The Kier molecular flexibility index (Phi) is 6.91. The highest BCUT2D eigenvalue weighted by Crippen LogP contribution is 2.28. The number of hydrogen-bond donors (Lipinski definition) is 2. The first kappa shape index (κ1) is 17.3. The topological polar surface area (TPSA) is 67.4 Å². The van der Waals surface area contributed by atoms with Gasteiger partial charge in [0.15, 0.2) is 6.61 Å². The van der Waals surface area contributed by atoms with Crippen LogP contribution >= 0.6 is 0 Å². The van der Waals surface area contributed by atoms with Crippen LogP contribution in [-0.4, -0.2) is 18.4 Å². The zero-order chi connectivity index (χ0) is 16.5. The van der Waals surface area contributed by atoms with Gasteiger partial charge in [0, 0.05) is 6.42 Å². The summed E-state index contributed by atoms with van der Waals surface area (Å²) in [5.74, 6) is 0.812. The predicted molar refractivity (Wildman–Crippen MR) is 88.8 cm³/mol. The van der Waals surface area contributed by atoms with Gasteiger partial charge in [0.2, 0.25) is 5.91 Å². The van der Waals surface area contributed by atoms with Crippen molar-refractivity contribution in [2.24, 2.45) is 5.92 Å². The molecule has 0 bridgehead atoms. The van der Waals surface area contributed by atoms with Crippen LogP contribution in [0.4, 0.5) is 0 Å². The molecule has 2 rings (SSSR count). The average molecular weight is 318 g/mol. The number of hydrogen-bond acceptors (Lipinski definition) is 3. The molecule has 1 aliphatic rings. The van der Waals surface area contributed by atoms with E-state index in [1.54, 1.807) is 0 Å². The number of carbonyl (C=O) groups is 2. The third kappa shape index (κ3) is 6.30. The van der Waals surface area contributed by atoms with Gasteiger partial charge in [-0.05, 0) is 36.5 Å². The fourth-order valence-electron chi connectivity index (χ4n) is 2.84. The quantitative estimate of drug-likeness (QED) is 0.760. The van der Waals surface area contributed by atoms with Gasteiger partial charge in [0.25, 0.3) is 5.91 Å². The van der Waals surface area contributed by atoms with Crippen molar-refractivity contribution in [1.82, 2.24) is 10.9 Å². The molecule has 2 amide bonds. The summed E-state index contributed by atoms with van der Waals surface area (Å²) in [6.07, 6.45) is 7.34. The number of ether oxygens (including phenoxy) is 1. The van der Waals surface area contributed by atoms with Crippen molar-refractivity contribution >= 4 is 11.8 Å². The predicted octanol–water partition coefficient (Wildman–Crippen LogP) is 2.75. The maximum atomic E-state index is 11.7. The molecule has 0 heterocycles. The summed E-state index contributed by atoms with van der Waals surface area (Å²) in [5, 5.41) is 0. The van der Waals surface area contributed by atoms with Crippen molar-refractivity contribution in [1.29, 1.82) is 0 Å². The van der Waals surface area contributed by atoms with Crippen LogP contribution in [0.15, 0.2) is 24.3 Å². The summed E-state index contributed by atoms with van der Waals surface area (Å²) < 4.78 is 5.38. The fourth-order valence-corrected chi connectivity index (χ4v) is 2.84. The van der Waals surface area contributed by atoms with Gasteiger partial charge < -0.3 is 4.74 Å². The maximum Gasteiger partial charge on any atom is 0.276 e. The van der Waals surface area contributed by atoms with Gasteiger partial charge in [-0.2, -0.15) is 0 Å². The van der Waals surface area contributed by atoms with Crippen LogP contribution in [0.3, 0.4) is 0 Å². The zero-order valence-electron chi connectivity index (χ0n) is 13.8. The number of amides is 2. The van der Waals surface area contributed by atoms with Crippen LogP contribution in [0.25, 0.3) is 0 Å². The van der Waals surface area contributed by atoms with E-state index in [1.165, 1.54) is 31.2 Å². The van der Waals surface area contributed by atoms with E-state index in [0.29, 0.717) is 18.1 Å². The molecule has 1 aromatic rings. The Morgan fingerprint density at radius 3 is 2.39 bits per heavy atom. The molecule has 0 saturated heterocycles. The lowest BCUT2D eigenvalue weighted by Crippen LogP contribution is -2.43. The van der Waals surface area contributed by atoms with Gasteiger partial charge in [0.1, 0.15) is 5.75 Å². The number of aryl methyl sites for hydroxylation is 1. The number of nitrogens with one attached hydrogen (secondary N) is 2. The highest BCUT2D eigenvalue weighted by molar-refractivity contribution is 5.82. The summed E-state index contributed by atoms with van der Waals surface area (Å²) >= 11 is 0. The molecule has 5 heteroatoms. The third-order valence-electron chi connectivity index (χ3n) is 4.30. The lowest BCUT2D eigenvalue weighted by atomic mass is 10.0. The van der Waals surface area contributed by atoms with Crippen LogP contribution < -0.4 is 15.6 Å². The maximum absolute atomic E-state index is 11.7. The highest BCUT2D eigenvalue weighted by Gasteiger charge is 2.16. The summed E-state index contributed by atoms with van der Waals surface area (Å²) in [7, 11) is 0. The minimum absolute atomic E-state index is 0.117. The molecule has 0 radical (unpaired) electrons. The van der Waals surface area contributed by atoms with Gasteiger partial charge in [0.05, 0.1) is 0 Å². The van der Waals surface area contributed by atoms with Crippen LogP contribution in [-0.2, 0) is 16.0 Å². The lowest BCUT2D eigenvalue weighted by Gasteiger charge is -2.11. The van der Waals surface area contributed by atoms with Crippen molar-refractivity contribution in [3.05, 3.63) is 29.8 Å². The second-order valence-corrected chi connectivity index (χ2v) is 6.07. The fraction of sp³-hybridized carbons (Fsp3) is 0.556. The molecule has 0 spiro atoms. The summed E-state index contributed by atoms with van der Waals surface area (Å²) in [5.41, 5.74) is 6.05. The Morgan fingerprint density at radius 1 is 1.09 bits per heavy atom. The van der Waals surface area contributed by atoms with E-state index in [4.69, 9.17) is 4.74 Å². The first-order valence-corrected chi connectivity index (χ1v) is 8.46. The summed E-state index contributed by atoms with van der Waals surface area (Å²) in [6, 6.07) is 7.62. The minimum Gasteiger partial charge on any atom is -0.484 e. The molecule has 23 heavy (non-hydrogen) atoms. The van der Waals surface area contributed by atoms with Crippen LogP contribution in [0.2, 0.25) is 0 Å². The van der Waals surface area contributed by atoms with E-state index >= 15 is 0 Å². The molecule has 0 aromatic heterocycles. The standard InChI is InChI=1S/C18H26N2O3/c1-2-14-7-10-16(11-8-14)23-13-18(22)20-19-17(21)12-9-15-5-3-4-6-15/h7-8,10-11,15H,2-6,9,12-13H2,1H3,(H,19,21)(H,20,22). The smallest absolute Gasteiger partial charge is 0.276 e. The number of rotatable bonds is 7. The molecule has 5 nitrogen and oxygen atoms in total. The normalized spacial score (nSPS) is 14.5. The molecule has 2 N–H and O–H groups in total. The molecular weight excluding hydrogens is 292 g/mol. The van der Waals surface area contributed by atoms with Gasteiger partial charge in [-0.1, -0.05) is 44.7 Å². The molecule has 1 saturated carbocycles. The second kappa shape index (κ2) is 9.18. The summed E-state index contributed by atoms with van der Waals surface area (Å²) in [6.45, 7) is 1.97. The first-order valence-electron chi connectivity index (χ1n) is 8.46. The molecule has 0 aliphatic heterocycles. The molecule has 0 atom stereocenters. The minimum atomic E-state index is -0.362. The molecule has 0 unspecified atom stereocenters. The Labute approximate surface area is 137 Å². The van der Waals surface area contributed by atoms with Gasteiger partial charge in [-0.15, -0.1) is 0 Å². The highest BCUT2D eigenvalue weighted by atomic mass is 16.5. The van der Waals surface area contributed by atoms with Crippen LogP contribution in [0.1, 0.15) is 51.0 Å². The Bertz CT molecular complexity index is 508. The SMILES string of the molecule is CCc1ccc(OCC(=O)NNC(=O)CCC2CCCC2)cc1. The number of hydrazine groups is 1. The number of carbonyl (C=O) groups excluding carboxylic acids is 2. The van der Waals surface area contributed by atoms with Crippen molar-refractivity contribution in [3.8, 4) is 5.75 Å². The monoisotopic (exact) mass is 318 g/mol. The first-order chi connectivity index (χ1) is 11.2. The molecular formula is C18H26N2O3. The molecule has 1 aromatic carbocycles. The van der Waals surface area contributed by atoms with Gasteiger partial charge >= 0.3 is 0 Å². The van der Waals surface area contributed by atoms with E-state index in [-0.39, 0.29) is 18.4 Å². The van der Waals surface area contributed by atoms with Gasteiger partial charge in [-0.3, -0.25) is 20.4 Å². The lowest BCUT2D eigenvalue weighted by molar-refractivity contribution is -0.130. The Morgan fingerprint density at radius 2 is 1.74 bits per heavy atom. The summed E-state index contributed by atoms with van der Waals surface area (Å²) in [4.78, 5) is 23.3. The van der Waals surface area contributed by atoms with Gasteiger partial charge in [-0.25, -0.2) is 0 Å². The number of benzene rings is 1. The van der Waals surface area contributed by atoms with Crippen LogP contribution in [0, 0.1) is 5.92 Å². The Hall–Kier alpha value is -2.04. The molecule has 1 fully saturated rings.